The molecule has 0 bridgehead atoms. The highest BCUT2D eigenvalue weighted by molar-refractivity contribution is 5.85. The summed E-state index contributed by atoms with van der Waals surface area (Å²) in [4.78, 5) is 19.7. The summed E-state index contributed by atoms with van der Waals surface area (Å²) in [7, 11) is 0. The quantitative estimate of drug-likeness (QED) is 0.865. The first-order valence-electron chi connectivity index (χ1n) is 8.87. The van der Waals surface area contributed by atoms with Crippen LogP contribution in [0.4, 0.5) is 0 Å². The van der Waals surface area contributed by atoms with Crippen molar-refractivity contribution in [1.82, 2.24) is 15.0 Å². The average molecular weight is 325 g/mol. The van der Waals surface area contributed by atoms with Crippen molar-refractivity contribution >= 4 is 5.91 Å². The number of nitrogens with zero attached hydrogens (tertiary/aromatic N) is 3. The first-order chi connectivity index (χ1) is 11.6. The lowest BCUT2D eigenvalue weighted by atomic mass is 9.99. The molecule has 2 unspecified atom stereocenters. The van der Waals surface area contributed by atoms with Crippen LogP contribution in [0.25, 0.3) is 0 Å². The molecule has 1 fully saturated rings. The van der Waals surface area contributed by atoms with E-state index >= 15 is 0 Å². The molecule has 2 aromatic rings. The highest BCUT2D eigenvalue weighted by Crippen LogP contribution is 2.39. The van der Waals surface area contributed by atoms with Gasteiger partial charge < -0.3 is 9.42 Å². The van der Waals surface area contributed by atoms with Crippen molar-refractivity contribution in [2.75, 3.05) is 6.54 Å². The molecule has 5 nitrogen and oxygen atoms in total. The van der Waals surface area contributed by atoms with Gasteiger partial charge in [0.05, 0.1) is 12.0 Å². The van der Waals surface area contributed by atoms with E-state index in [1.54, 1.807) is 0 Å². The van der Waals surface area contributed by atoms with Crippen molar-refractivity contribution in [2.24, 2.45) is 0 Å². The van der Waals surface area contributed by atoms with Gasteiger partial charge in [0.2, 0.25) is 11.8 Å². The third-order valence-corrected chi connectivity index (χ3v) is 5.22. The maximum atomic E-state index is 13.2. The molecule has 1 saturated heterocycles. The molecule has 0 N–H and O–H groups in total. The highest BCUT2D eigenvalue weighted by atomic mass is 16.5. The molecule has 1 aromatic heterocycles. The molecule has 2 atom stereocenters. The van der Waals surface area contributed by atoms with Gasteiger partial charge >= 0.3 is 0 Å². The van der Waals surface area contributed by atoms with Gasteiger partial charge in [-0.25, -0.2) is 0 Å². The van der Waals surface area contributed by atoms with E-state index < -0.39 is 0 Å². The maximum Gasteiger partial charge on any atom is 0.230 e. The summed E-state index contributed by atoms with van der Waals surface area (Å²) >= 11 is 0. The Labute approximate surface area is 142 Å². The topological polar surface area (TPSA) is 59.2 Å². The number of carbonyl (C=O) groups is 1. The van der Waals surface area contributed by atoms with Crippen molar-refractivity contribution in [2.45, 2.75) is 57.4 Å². The van der Waals surface area contributed by atoms with Crippen LogP contribution >= 0.6 is 0 Å². The van der Waals surface area contributed by atoms with E-state index in [0.717, 1.165) is 32.2 Å². The fourth-order valence-electron chi connectivity index (χ4n) is 3.93. The Kier molecular flexibility index (Phi) is 3.87. The van der Waals surface area contributed by atoms with Gasteiger partial charge in [0.15, 0.2) is 5.82 Å². The third kappa shape index (κ3) is 2.52. The molecule has 0 spiro atoms. The van der Waals surface area contributed by atoms with Crippen molar-refractivity contribution in [3.05, 3.63) is 47.1 Å². The van der Waals surface area contributed by atoms with Gasteiger partial charge in [-0.05, 0) is 36.8 Å². The van der Waals surface area contributed by atoms with Crippen LogP contribution in [-0.4, -0.2) is 27.5 Å². The minimum atomic E-state index is -0.0403. The zero-order valence-corrected chi connectivity index (χ0v) is 14.2. The van der Waals surface area contributed by atoms with Gasteiger partial charge in [-0.3, -0.25) is 4.79 Å². The number of carbonyl (C=O) groups excluding carboxylic acids is 1. The minimum Gasteiger partial charge on any atom is -0.339 e. The minimum absolute atomic E-state index is 0.0155. The number of hydrogen-bond donors (Lipinski definition) is 0. The van der Waals surface area contributed by atoms with Crippen LogP contribution in [-0.2, 0) is 11.2 Å². The smallest absolute Gasteiger partial charge is 0.230 e. The maximum absolute atomic E-state index is 13.2. The Morgan fingerprint density at radius 3 is 2.92 bits per heavy atom. The van der Waals surface area contributed by atoms with E-state index in [0.29, 0.717) is 11.7 Å². The average Bonchev–Trinajstić information content (AvgIpc) is 3.31. The Morgan fingerprint density at radius 2 is 2.12 bits per heavy atom. The summed E-state index contributed by atoms with van der Waals surface area (Å²) in [5.74, 6) is 1.72. The number of benzene rings is 1. The van der Waals surface area contributed by atoms with E-state index in [1.807, 2.05) is 24.8 Å². The molecular weight excluding hydrogens is 302 g/mol. The second kappa shape index (κ2) is 6.04. The Hall–Kier alpha value is -2.17. The van der Waals surface area contributed by atoms with Gasteiger partial charge in [0.1, 0.15) is 0 Å². The molecule has 4 rings (SSSR count). The SMILES string of the molecule is CC(C)c1nc(C2CCCN2C(=O)C2CCc3ccccc32)no1. The fraction of sp³-hybridized carbons (Fsp3) is 0.526. The summed E-state index contributed by atoms with van der Waals surface area (Å²) in [6, 6.07) is 8.28. The number of aryl methyl sites for hydroxylation is 1. The van der Waals surface area contributed by atoms with Crippen LogP contribution in [0.2, 0.25) is 0 Å². The number of rotatable bonds is 3. The Bertz CT molecular complexity index is 753. The molecule has 1 aliphatic heterocycles. The predicted molar refractivity (Wildman–Crippen MR) is 89.6 cm³/mol. The predicted octanol–water partition coefficient (Wildman–Crippen LogP) is 3.59. The van der Waals surface area contributed by atoms with Gasteiger partial charge in [-0.15, -0.1) is 0 Å². The van der Waals surface area contributed by atoms with Crippen LogP contribution in [0.15, 0.2) is 28.8 Å². The molecule has 0 radical (unpaired) electrons. The molecule has 2 aliphatic rings. The Balaban J connectivity index is 1.57. The summed E-state index contributed by atoms with van der Waals surface area (Å²) in [5, 5.41) is 4.14. The summed E-state index contributed by atoms with van der Waals surface area (Å²) in [5.41, 5.74) is 2.51. The van der Waals surface area contributed by atoms with Gasteiger partial charge in [0.25, 0.3) is 0 Å². The lowest BCUT2D eigenvalue weighted by molar-refractivity contribution is -0.133. The van der Waals surface area contributed by atoms with Crippen LogP contribution in [0.1, 0.15) is 73.8 Å². The van der Waals surface area contributed by atoms with E-state index in [2.05, 4.69) is 28.3 Å². The number of aromatic nitrogens is 2. The lowest BCUT2D eigenvalue weighted by Crippen LogP contribution is -2.34. The van der Waals surface area contributed by atoms with Crippen LogP contribution < -0.4 is 0 Å². The second-order valence-corrected chi connectivity index (χ2v) is 7.13. The zero-order chi connectivity index (χ0) is 16.7. The van der Waals surface area contributed by atoms with Crippen molar-refractivity contribution in [1.29, 1.82) is 0 Å². The lowest BCUT2D eigenvalue weighted by Gasteiger charge is -2.25. The van der Waals surface area contributed by atoms with Gasteiger partial charge in [-0.1, -0.05) is 43.3 Å². The van der Waals surface area contributed by atoms with Crippen molar-refractivity contribution < 1.29 is 9.32 Å². The molecule has 1 aromatic carbocycles. The normalized spacial score (nSPS) is 23.0. The number of hydrogen-bond acceptors (Lipinski definition) is 4. The molecular formula is C19H23N3O2. The molecule has 1 amide bonds. The van der Waals surface area contributed by atoms with Crippen LogP contribution in [0, 0.1) is 0 Å². The number of amides is 1. The molecule has 1 aliphatic carbocycles. The van der Waals surface area contributed by atoms with Crippen LogP contribution in [0.5, 0.6) is 0 Å². The molecule has 5 heteroatoms. The second-order valence-electron chi connectivity index (χ2n) is 7.13. The molecule has 2 heterocycles. The van der Waals surface area contributed by atoms with Gasteiger partial charge in [-0.2, -0.15) is 4.98 Å². The van der Waals surface area contributed by atoms with Gasteiger partial charge in [0, 0.05) is 12.5 Å². The monoisotopic (exact) mass is 325 g/mol. The number of fused-ring (bicyclic) bond motifs is 1. The summed E-state index contributed by atoms with van der Waals surface area (Å²) < 4.78 is 5.35. The third-order valence-electron chi connectivity index (χ3n) is 5.22. The van der Waals surface area contributed by atoms with E-state index in [4.69, 9.17) is 4.52 Å². The summed E-state index contributed by atoms with van der Waals surface area (Å²) in [6.07, 6.45) is 3.81. The van der Waals surface area contributed by atoms with E-state index in [9.17, 15) is 4.79 Å². The van der Waals surface area contributed by atoms with Crippen molar-refractivity contribution in [3.8, 4) is 0 Å². The fourth-order valence-corrected chi connectivity index (χ4v) is 3.93. The first kappa shape index (κ1) is 15.4. The van der Waals surface area contributed by atoms with E-state index in [-0.39, 0.29) is 23.8 Å². The number of likely N-dealkylation sites (tertiary alicyclic amines) is 1. The standard InChI is InChI=1S/C19H23N3O2/c1-12(2)18-20-17(21-24-18)16-8-5-11-22(16)19(23)15-10-9-13-6-3-4-7-14(13)15/h3-4,6-7,12,15-16H,5,8-11H2,1-2H3. The highest BCUT2D eigenvalue weighted by Gasteiger charge is 2.39. The molecule has 0 saturated carbocycles. The van der Waals surface area contributed by atoms with E-state index in [1.165, 1.54) is 11.1 Å². The zero-order valence-electron chi connectivity index (χ0n) is 14.2. The molecule has 126 valence electrons. The van der Waals surface area contributed by atoms with Crippen molar-refractivity contribution in [3.63, 3.8) is 0 Å². The molecule has 24 heavy (non-hydrogen) atoms. The van der Waals surface area contributed by atoms with Crippen LogP contribution in [0.3, 0.4) is 0 Å². The first-order valence-corrected chi connectivity index (χ1v) is 8.87. The Morgan fingerprint density at radius 1 is 1.29 bits per heavy atom. The largest absolute Gasteiger partial charge is 0.339 e. The summed E-state index contributed by atoms with van der Waals surface area (Å²) in [6.45, 7) is 4.85.